The SMILES string of the molecule is CNCCCS(=O)(=O)NCC1COCCO1. The van der Waals surface area contributed by atoms with Gasteiger partial charge in [-0.3, -0.25) is 0 Å². The Kier molecular flexibility index (Phi) is 6.22. The van der Waals surface area contributed by atoms with Crippen molar-refractivity contribution in [3.05, 3.63) is 0 Å². The van der Waals surface area contributed by atoms with Crippen molar-refractivity contribution in [3.63, 3.8) is 0 Å². The third-order valence-corrected chi connectivity index (χ3v) is 3.69. The molecule has 1 unspecified atom stereocenters. The number of hydrogen-bond acceptors (Lipinski definition) is 5. The quantitative estimate of drug-likeness (QED) is 0.564. The van der Waals surface area contributed by atoms with E-state index in [0.29, 0.717) is 39.3 Å². The van der Waals surface area contributed by atoms with Crippen molar-refractivity contribution in [2.75, 3.05) is 45.7 Å². The lowest BCUT2D eigenvalue weighted by atomic mass is 10.3. The van der Waals surface area contributed by atoms with E-state index in [-0.39, 0.29) is 11.9 Å². The zero-order chi connectivity index (χ0) is 11.9. The van der Waals surface area contributed by atoms with Gasteiger partial charge in [0.15, 0.2) is 0 Å². The second-order valence-electron chi connectivity index (χ2n) is 3.69. The van der Waals surface area contributed by atoms with Crippen LogP contribution in [-0.4, -0.2) is 60.2 Å². The maximum atomic E-state index is 11.5. The molecule has 0 bridgehead atoms. The lowest BCUT2D eigenvalue weighted by Crippen LogP contribution is -2.40. The van der Waals surface area contributed by atoms with E-state index in [4.69, 9.17) is 9.47 Å². The molecule has 6 nitrogen and oxygen atoms in total. The molecular weight excluding hydrogens is 232 g/mol. The number of ether oxygens (including phenoxy) is 2. The molecule has 16 heavy (non-hydrogen) atoms. The van der Waals surface area contributed by atoms with Crippen LogP contribution in [0.2, 0.25) is 0 Å². The fourth-order valence-electron chi connectivity index (χ4n) is 1.39. The van der Waals surface area contributed by atoms with E-state index < -0.39 is 10.0 Å². The minimum absolute atomic E-state index is 0.140. The van der Waals surface area contributed by atoms with Crippen LogP contribution in [0, 0.1) is 0 Å². The average Bonchev–Trinajstić information content (AvgIpc) is 2.28. The van der Waals surface area contributed by atoms with Crippen molar-refractivity contribution >= 4 is 10.0 Å². The molecule has 0 amide bonds. The van der Waals surface area contributed by atoms with Crippen LogP contribution < -0.4 is 10.0 Å². The largest absolute Gasteiger partial charge is 0.376 e. The van der Waals surface area contributed by atoms with Gasteiger partial charge < -0.3 is 14.8 Å². The Labute approximate surface area is 96.7 Å². The Bertz CT molecular complexity index is 275. The molecule has 0 saturated carbocycles. The normalized spacial score (nSPS) is 22.2. The van der Waals surface area contributed by atoms with Crippen LogP contribution in [0.4, 0.5) is 0 Å². The summed E-state index contributed by atoms with van der Waals surface area (Å²) < 4.78 is 36.1. The number of rotatable bonds is 7. The Morgan fingerprint density at radius 2 is 2.19 bits per heavy atom. The lowest BCUT2D eigenvalue weighted by Gasteiger charge is -2.23. The first kappa shape index (κ1) is 13.9. The molecule has 1 rings (SSSR count). The van der Waals surface area contributed by atoms with Crippen molar-refractivity contribution in [1.29, 1.82) is 0 Å². The third-order valence-electron chi connectivity index (χ3n) is 2.26. The van der Waals surface area contributed by atoms with Crippen LogP contribution in [0.1, 0.15) is 6.42 Å². The Morgan fingerprint density at radius 3 is 2.81 bits per heavy atom. The molecule has 1 saturated heterocycles. The van der Waals surface area contributed by atoms with Gasteiger partial charge in [-0.25, -0.2) is 13.1 Å². The van der Waals surface area contributed by atoms with Gasteiger partial charge in [-0.15, -0.1) is 0 Å². The van der Waals surface area contributed by atoms with Gasteiger partial charge in [-0.05, 0) is 20.0 Å². The van der Waals surface area contributed by atoms with Crippen LogP contribution in [0.25, 0.3) is 0 Å². The zero-order valence-corrected chi connectivity index (χ0v) is 10.4. The fraction of sp³-hybridized carbons (Fsp3) is 1.00. The van der Waals surface area contributed by atoms with Crippen LogP contribution >= 0.6 is 0 Å². The van der Waals surface area contributed by atoms with Gasteiger partial charge in [0, 0.05) is 6.54 Å². The average molecular weight is 252 g/mol. The maximum absolute atomic E-state index is 11.5. The van der Waals surface area contributed by atoms with E-state index in [0.717, 1.165) is 0 Å². The molecule has 0 aromatic heterocycles. The molecule has 0 radical (unpaired) electrons. The monoisotopic (exact) mass is 252 g/mol. The third kappa shape index (κ3) is 5.76. The van der Waals surface area contributed by atoms with Crippen molar-refractivity contribution in [2.45, 2.75) is 12.5 Å². The first-order chi connectivity index (χ1) is 7.64. The van der Waals surface area contributed by atoms with Crippen molar-refractivity contribution < 1.29 is 17.9 Å². The number of hydrogen-bond donors (Lipinski definition) is 2. The molecule has 96 valence electrons. The highest BCUT2D eigenvalue weighted by Crippen LogP contribution is 2.00. The number of sulfonamides is 1. The minimum atomic E-state index is -3.18. The van der Waals surface area contributed by atoms with E-state index >= 15 is 0 Å². The molecular formula is C9H20N2O4S. The minimum Gasteiger partial charge on any atom is -0.376 e. The molecule has 1 aliphatic rings. The molecule has 1 heterocycles. The van der Waals surface area contributed by atoms with Gasteiger partial charge >= 0.3 is 0 Å². The highest BCUT2D eigenvalue weighted by atomic mass is 32.2. The van der Waals surface area contributed by atoms with E-state index in [2.05, 4.69) is 10.0 Å². The van der Waals surface area contributed by atoms with Crippen LogP contribution in [0.5, 0.6) is 0 Å². The first-order valence-corrected chi connectivity index (χ1v) is 7.10. The van der Waals surface area contributed by atoms with Crippen LogP contribution in [0.3, 0.4) is 0 Å². The molecule has 0 aliphatic carbocycles. The summed E-state index contributed by atoms with van der Waals surface area (Å²) in [4.78, 5) is 0. The Morgan fingerprint density at radius 1 is 1.38 bits per heavy atom. The molecule has 7 heteroatoms. The molecule has 1 aliphatic heterocycles. The van der Waals surface area contributed by atoms with E-state index in [1.165, 1.54) is 0 Å². The summed E-state index contributed by atoms with van der Waals surface area (Å²) in [5.74, 6) is 0.140. The van der Waals surface area contributed by atoms with Gasteiger partial charge in [-0.2, -0.15) is 0 Å². The molecule has 0 aromatic carbocycles. The summed E-state index contributed by atoms with van der Waals surface area (Å²) >= 11 is 0. The summed E-state index contributed by atoms with van der Waals surface area (Å²) in [5.41, 5.74) is 0. The first-order valence-electron chi connectivity index (χ1n) is 5.45. The molecule has 0 spiro atoms. The van der Waals surface area contributed by atoms with Crippen molar-refractivity contribution in [2.24, 2.45) is 0 Å². The van der Waals surface area contributed by atoms with Gasteiger partial charge in [0.25, 0.3) is 0 Å². The molecule has 1 atom stereocenters. The standard InChI is InChI=1S/C9H20N2O4S/c1-10-3-2-6-16(12,13)11-7-9-8-14-4-5-15-9/h9-11H,2-8H2,1H3. The summed E-state index contributed by atoms with van der Waals surface area (Å²) in [6, 6.07) is 0. The second-order valence-corrected chi connectivity index (χ2v) is 5.62. The smallest absolute Gasteiger partial charge is 0.211 e. The predicted octanol–water partition coefficient (Wildman–Crippen LogP) is -1.07. The highest BCUT2D eigenvalue weighted by Gasteiger charge is 2.17. The summed E-state index contributed by atoms with van der Waals surface area (Å²) in [6.45, 7) is 2.57. The predicted molar refractivity (Wildman–Crippen MR) is 60.9 cm³/mol. The summed E-state index contributed by atoms with van der Waals surface area (Å²) in [6.07, 6.45) is 0.446. The second kappa shape index (κ2) is 7.18. The van der Waals surface area contributed by atoms with Gasteiger partial charge in [0.1, 0.15) is 0 Å². The van der Waals surface area contributed by atoms with Crippen LogP contribution in [-0.2, 0) is 19.5 Å². The summed E-state index contributed by atoms with van der Waals surface area (Å²) in [7, 11) is -1.38. The topological polar surface area (TPSA) is 76.7 Å². The maximum Gasteiger partial charge on any atom is 0.211 e. The van der Waals surface area contributed by atoms with E-state index in [1.54, 1.807) is 7.05 Å². The zero-order valence-electron chi connectivity index (χ0n) is 9.57. The van der Waals surface area contributed by atoms with Gasteiger partial charge in [0.05, 0.1) is 31.7 Å². The molecule has 2 N–H and O–H groups in total. The van der Waals surface area contributed by atoms with E-state index in [9.17, 15) is 8.42 Å². The number of nitrogens with one attached hydrogen (secondary N) is 2. The van der Waals surface area contributed by atoms with Crippen molar-refractivity contribution in [1.82, 2.24) is 10.0 Å². The van der Waals surface area contributed by atoms with Crippen LogP contribution in [0.15, 0.2) is 0 Å². The fourth-order valence-corrected chi connectivity index (χ4v) is 2.49. The lowest BCUT2D eigenvalue weighted by molar-refractivity contribution is -0.0846. The van der Waals surface area contributed by atoms with Gasteiger partial charge in [-0.1, -0.05) is 0 Å². The van der Waals surface area contributed by atoms with Crippen molar-refractivity contribution in [3.8, 4) is 0 Å². The Hall–Kier alpha value is -0.210. The molecule has 1 fully saturated rings. The molecule has 0 aromatic rings. The van der Waals surface area contributed by atoms with Gasteiger partial charge in [0.2, 0.25) is 10.0 Å². The van der Waals surface area contributed by atoms with E-state index in [1.807, 2.05) is 0 Å². The highest BCUT2D eigenvalue weighted by molar-refractivity contribution is 7.89. The summed E-state index contributed by atoms with van der Waals surface area (Å²) in [5, 5.41) is 2.91. The Balaban J connectivity index is 2.18.